The van der Waals surface area contributed by atoms with Crippen molar-refractivity contribution in [1.29, 1.82) is 0 Å². The monoisotopic (exact) mass is 182 g/mol. The highest BCUT2D eigenvalue weighted by atomic mass is 16.3. The van der Waals surface area contributed by atoms with Gasteiger partial charge >= 0.3 is 0 Å². The molecule has 0 fully saturated rings. The van der Waals surface area contributed by atoms with E-state index in [2.05, 4.69) is 5.10 Å². The van der Waals surface area contributed by atoms with E-state index in [4.69, 9.17) is 0 Å². The summed E-state index contributed by atoms with van der Waals surface area (Å²) in [6.07, 6.45) is -0.460. The smallest absolute Gasteiger partial charge is 0.100 e. The van der Waals surface area contributed by atoms with Crippen molar-refractivity contribution in [2.24, 2.45) is 12.5 Å². The van der Waals surface area contributed by atoms with Gasteiger partial charge in [0.2, 0.25) is 0 Å². The number of rotatable bonds is 1. The summed E-state index contributed by atoms with van der Waals surface area (Å²) in [7, 11) is 1.86. The molecule has 0 aliphatic heterocycles. The molecule has 13 heavy (non-hydrogen) atoms. The van der Waals surface area contributed by atoms with Gasteiger partial charge in [-0.3, -0.25) is 4.68 Å². The molecular formula is C10H18N2O. The van der Waals surface area contributed by atoms with E-state index in [9.17, 15) is 5.11 Å². The minimum absolute atomic E-state index is 0.139. The summed E-state index contributed by atoms with van der Waals surface area (Å²) < 4.78 is 1.74. The molecule has 0 aromatic carbocycles. The number of aliphatic hydroxyl groups is 1. The van der Waals surface area contributed by atoms with Gasteiger partial charge in [0, 0.05) is 7.05 Å². The van der Waals surface area contributed by atoms with E-state index in [1.807, 2.05) is 40.8 Å². The van der Waals surface area contributed by atoms with Crippen molar-refractivity contribution in [2.75, 3.05) is 0 Å². The van der Waals surface area contributed by atoms with Crippen LogP contribution in [0.25, 0.3) is 0 Å². The highest BCUT2D eigenvalue weighted by Crippen LogP contribution is 2.32. The van der Waals surface area contributed by atoms with Crippen LogP contribution in [0.15, 0.2) is 6.07 Å². The van der Waals surface area contributed by atoms with Crippen LogP contribution in [0.5, 0.6) is 0 Å². The Balaban J connectivity index is 3.01. The van der Waals surface area contributed by atoms with Gasteiger partial charge in [0.25, 0.3) is 0 Å². The van der Waals surface area contributed by atoms with Crippen molar-refractivity contribution >= 4 is 0 Å². The summed E-state index contributed by atoms with van der Waals surface area (Å²) in [4.78, 5) is 0. The van der Waals surface area contributed by atoms with Crippen LogP contribution >= 0.6 is 0 Å². The predicted molar refractivity (Wildman–Crippen MR) is 52.4 cm³/mol. The Hall–Kier alpha value is -0.830. The van der Waals surface area contributed by atoms with Crippen molar-refractivity contribution in [1.82, 2.24) is 9.78 Å². The maximum Gasteiger partial charge on any atom is 0.100 e. The van der Waals surface area contributed by atoms with Gasteiger partial charge in [-0.2, -0.15) is 5.10 Å². The minimum Gasteiger partial charge on any atom is -0.386 e. The van der Waals surface area contributed by atoms with E-state index in [0.29, 0.717) is 0 Å². The normalized spacial score (nSPS) is 14.6. The van der Waals surface area contributed by atoms with E-state index < -0.39 is 6.10 Å². The van der Waals surface area contributed by atoms with Crippen LogP contribution < -0.4 is 0 Å². The van der Waals surface area contributed by atoms with Gasteiger partial charge in [-0.25, -0.2) is 0 Å². The Morgan fingerprint density at radius 1 is 1.46 bits per heavy atom. The second-order valence-corrected chi connectivity index (χ2v) is 4.60. The molecule has 1 aromatic rings. The van der Waals surface area contributed by atoms with Gasteiger partial charge < -0.3 is 5.11 Å². The zero-order valence-electron chi connectivity index (χ0n) is 9.00. The fraction of sp³-hybridized carbons (Fsp3) is 0.700. The van der Waals surface area contributed by atoms with E-state index in [0.717, 1.165) is 11.4 Å². The standard InChI is InChI=1S/C10H18N2O/c1-7-6-8(12(5)11-7)9(13)10(2,3)4/h6,9,13H,1-5H3. The van der Waals surface area contributed by atoms with Gasteiger partial charge in [0.1, 0.15) is 6.10 Å². The number of aromatic nitrogens is 2. The first-order valence-electron chi connectivity index (χ1n) is 4.51. The summed E-state index contributed by atoms with van der Waals surface area (Å²) in [5.74, 6) is 0. The minimum atomic E-state index is -0.460. The predicted octanol–water partition coefficient (Wildman–Crippen LogP) is 1.81. The summed E-state index contributed by atoms with van der Waals surface area (Å²) in [6.45, 7) is 7.97. The Kier molecular flexibility index (Phi) is 2.48. The summed E-state index contributed by atoms with van der Waals surface area (Å²) in [6, 6.07) is 1.93. The second kappa shape index (κ2) is 3.14. The van der Waals surface area contributed by atoms with Crippen molar-refractivity contribution < 1.29 is 5.11 Å². The molecule has 0 bridgehead atoms. The average Bonchev–Trinajstić information content (AvgIpc) is 2.26. The third-order valence-electron chi connectivity index (χ3n) is 2.14. The highest BCUT2D eigenvalue weighted by Gasteiger charge is 2.26. The Morgan fingerprint density at radius 3 is 2.31 bits per heavy atom. The first kappa shape index (κ1) is 10.3. The highest BCUT2D eigenvalue weighted by molar-refractivity contribution is 5.13. The zero-order chi connectivity index (χ0) is 10.2. The maximum absolute atomic E-state index is 9.99. The fourth-order valence-electron chi connectivity index (χ4n) is 1.33. The van der Waals surface area contributed by atoms with Crippen LogP contribution in [-0.2, 0) is 7.05 Å². The molecule has 3 heteroatoms. The van der Waals surface area contributed by atoms with Crippen LogP contribution in [0.1, 0.15) is 38.3 Å². The lowest BCUT2D eigenvalue weighted by Gasteiger charge is -2.25. The number of aryl methyl sites for hydroxylation is 2. The molecular weight excluding hydrogens is 164 g/mol. The lowest BCUT2D eigenvalue weighted by atomic mass is 9.87. The molecule has 1 unspecified atom stereocenters. The van der Waals surface area contributed by atoms with E-state index in [1.165, 1.54) is 0 Å². The van der Waals surface area contributed by atoms with Crippen molar-refractivity contribution in [3.63, 3.8) is 0 Å². The molecule has 1 rings (SSSR count). The van der Waals surface area contributed by atoms with Crippen LogP contribution in [0.3, 0.4) is 0 Å². The Labute approximate surface area is 79.4 Å². The van der Waals surface area contributed by atoms with Gasteiger partial charge in [-0.1, -0.05) is 20.8 Å². The number of hydrogen-bond donors (Lipinski definition) is 1. The topological polar surface area (TPSA) is 38.0 Å². The Morgan fingerprint density at radius 2 is 2.00 bits per heavy atom. The third-order valence-corrected chi connectivity index (χ3v) is 2.14. The molecule has 1 heterocycles. The first-order valence-corrected chi connectivity index (χ1v) is 4.51. The molecule has 0 saturated carbocycles. The summed E-state index contributed by atoms with van der Waals surface area (Å²) >= 11 is 0. The largest absolute Gasteiger partial charge is 0.386 e. The average molecular weight is 182 g/mol. The second-order valence-electron chi connectivity index (χ2n) is 4.60. The lowest BCUT2D eigenvalue weighted by molar-refractivity contribution is 0.0555. The molecule has 0 aliphatic carbocycles. The van der Waals surface area contributed by atoms with Crippen LogP contribution in [0.4, 0.5) is 0 Å². The first-order chi connectivity index (χ1) is 5.82. The Bertz CT molecular complexity index is 296. The van der Waals surface area contributed by atoms with Gasteiger partial charge in [-0.05, 0) is 18.4 Å². The lowest BCUT2D eigenvalue weighted by Crippen LogP contribution is -2.20. The fourth-order valence-corrected chi connectivity index (χ4v) is 1.33. The van der Waals surface area contributed by atoms with Crippen molar-refractivity contribution in [3.05, 3.63) is 17.5 Å². The van der Waals surface area contributed by atoms with Crippen molar-refractivity contribution in [3.8, 4) is 0 Å². The number of aliphatic hydroxyl groups excluding tert-OH is 1. The van der Waals surface area contributed by atoms with E-state index in [1.54, 1.807) is 4.68 Å². The molecule has 1 atom stereocenters. The number of nitrogens with zero attached hydrogens (tertiary/aromatic N) is 2. The van der Waals surface area contributed by atoms with E-state index >= 15 is 0 Å². The maximum atomic E-state index is 9.99. The van der Waals surface area contributed by atoms with Gasteiger partial charge in [0.05, 0.1) is 11.4 Å². The van der Waals surface area contributed by atoms with Crippen LogP contribution in [-0.4, -0.2) is 14.9 Å². The molecule has 0 spiro atoms. The third kappa shape index (κ3) is 2.10. The zero-order valence-corrected chi connectivity index (χ0v) is 9.00. The summed E-state index contributed by atoms with van der Waals surface area (Å²) in [5, 5.41) is 14.2. The van der Waals surface area contributed by atoms with Crippen molar-refractivity contribution in [2.45, 2.75) is 33.8 Å². The van der Waals surface area contributed by atoms with Crippen LogP contribution in [0, 0.1) is 12.3 Å². The molecule has 0 amide bonds. The molecule has 0 saturated heterocycles. The SMILES string of the molecule is Cc1cc(C(O)C(C)(C)C)n(C)n1. The molecule has 0 aliphatic rings. The summed E-state index contributed by atoms with van der Waals surface area (Å²) in [5.41, 5.74) is 1.69. The van der Waals surface area contributed by atoms with Gasteiger partial charge in [0.15, 0.2) is 0 Å². The molecule has 74 valence electrons. The molecule has 3 nitrogen and oxygen atoms in total. The number of hydrogen-bond acceptors (Lipinski definition) is 2. The molecule has 0 radical (unpaired) electrons. The van der Waals surface area contributed by atoms with Gasteiger partial charge in [-0.15, -0.1) is 0 Å². The molecule has 1 aromatic heterocycles. The van der Waals surface area contributed by atoms with E-state index in [-0.39, 0.29) is 5.41 Å². The molecule has 1 N–H and O–H groups in total. The quantitative estimate of drug-likeness (QED) is 0.719. The van der Waals surface area contributed by atoms with Crippen LogP contribution in [0.2, 0.25) is 0 Å².